The minimum absolute atomic E-state index is 0.00111. The van der Waals surface area contributed by atoms with Crippen LogP contribution in [0.2, 0.25) is 0 Å². The van der Waals surface area contributed by atoms with Crippen molar-refractivity contribution in [2.75, 3.05) is 5.32 Å². The van der Waals surface area contributed by atoms with Crippen molar-refractivity contribution in [3.8, 4) is 0 Å². The maximum absolute atomic E-state index is 10.5. The van der Waals surface area contributed by atoms with E-state index in [0.717, 1.165) is 17.5 Å². The van der Waals surface area contributed by atoms with Crippen LogP contribution in [0.4, 0.5) is 5.13 Å². The summed E-state index contributed by atoms with van der Waals surface area (Å²) < 4.78 is 0. The standard InChI is InChI=1S/C6H4N2O4S/c9-2-4(10)8-6-7-1-3(13-6)5(11)12/h1-2H,(H,11,12)(H,7,8,10). The van der Waals surface area contributed by atoms with Crippen LogP contribution in [0.5, 0.6) is 0 Å². The van der Waals surface area contributed by atoms with Crippen LogP contribution in [0.1, 0.15) is 9.67 Å². The van der Waals surface area contributed by atoms with E-state index in [-0.39, 0.29) is 16.3 Å². The second-order valence-corrected chi connectivity index (χ2v) is 2.97. The average Bonchev–Trinajstić information content (AvgIpc) is 2.52. The first-order valence-corrected chi connectivity index (χ1v) is 3.90. The van der Waals surface area contributed by atoms with E-state index in [1.807, 2.05) is 0 Å². The molecule has 0 saturated heterocycles. The van der Waals surface area contributed by atoms with E-state index in [1.165, 1.54) is 0 Å². The Kier molecular flexibility index (Phi) is 2.70. The van der Waals surface area contributed by atoms with Gasteiger partial charge in [-0.1, -0.05) is 11.3 Å². The number of carboxylic acids is 1. The molecule has 0 unspecified atom stereocenters. The minimum Gasteiger partial charge on any atom is -0.477 e. The first kappa shape index (κ1) is 9.33. The van der Waals surface area contributed by atoms with Gasteiger partial charge in [-0.3, -0.25) is 14.9 Å². The van der Waals surface area contributed by atoms with E-state index in [9.17, 15) is 14.4 Å². The van der Waals surface area contributed by atoms with Crippen LogP contribution >= 0.6 is 11.3 Å². The molecule has 7 heteroatoms. The lowest BCUT2D eigenvalue weighted by Crippen LogP contribution is -2.11. The number of carboxylic acid groups (broad SMARTS) is 1. The van der Waals surface area contributed by atoms with Crippen molar-refractivity contribution in [1.29, 1.82) is 0 Å². The summed E-state index contributed by atoms with van der Waals surface area (Å²) in [6, 6.07) is 0. The Labute approximate surface area is 76.2 Å². The van der Waals surface area contributed by atoms with Crippen molar-refractivity contribution < 1.29 is 19.5 Å². The van der Waals surface area contributed by atoms with E-state index >= 15 is 0 Å². The summed E-state index contributed by atoms with van der Waals surface area (Å²) in [5, 5.41) is 10.7. The molecule has 1 amide bonds. The summed E-state index contributed by atoms with van der Waals surface area (Å²) >= 11 is 0.783. The number of rotatable bonds is 3. The van der Waals surface area contributed by atoms with Crippen LogP contribution in [-0.4, -0.2) is 28.3 Å². The van der Waals surface area contributed by atoms with E-state index in [0.29, 0.717) is 0 Å². The number of carbonyl (C=O) groups excluding carboxylic acids is 2. The number of amides is 1. The fraction of sp³-hybridized carbons (Fsp3) is 0. The Balaban J connectivity index is 2.74. The van der Waals surface area contributed by atoms with Crippen molar-refractivity contribution in [2.24, 2.45) is 0 Å². The fourth-order valence-electron chi connectivity index (χ4n) is 0.566. The first-order valence-electron chi connectivity index (χ1n) is 3.08. The Bertz CT molecular complexity index is 359. The predicted molar refractivity (Wildman–Crippen MR) is 43.8 cm³/mol. The molecule has 1 aromatic heterocycles. The van der Waals surface area contributed by atoms with Crippen LogP contribution < -0.4 is 5.32 Å². The molecule has 0 aliphatic rings. The second kappa shape index (κ2) is 3.76. The van der Waals surface area contributed by atoms with Crippen molar-refractivity contribution in [1.82, 2.24) is 4.98 Å². The Morgan fingerprint density at radius 2 is 2.31 bits per heavy atom. The molecular weight excluding hydrogens is 196 g/mol. The van der Waals surface area contributed by atoms with Gasteiger partial charge in [-0.25, -0.2) is 9.78 Å². The molecule has 68 valence electrons. The lowest BCUT2D eigenvalue weighted by molar-refractivity contribution is -0.127. The molecule has 0 aromatic carbocycles. The molecule has 1 heterocycles. The maximum Gasteiger partial charge on any atom is 0.347 e. The molecule has 0 atom stereocenters. The molecule has 2 N–H and O–H groups in total. The number of anilines is 1. The Morgan fingerprint density at radius 1 is 1.62 bits per heavy atom. The van der Waals surface area contributed by atoms with Crippen LogP contribution in [0, 0.1) is 0 Å². The van der Waals surface area contributed by atoms with Gasteiger partial charge in [-0.15, -0.1) is 0 Å². The third-order valence-electron chi connectivity index (χ3n) is 1.05. The summed E-state index contributed by atoms with van der Waals surface area (Å²) in [5.74, 6) is -1.98. The monoisotopic (exact) mass is 200 g/mol. The van der Waals surface area contributed by atoms with E-state index in [2.05, 4.69) is 10.3 Å². The molecule has 0 aliphatic carbocycles. The minimum atomic E-state index is -1.12. The van der Waals surface area contributed by atoms with Crippen LogP contribution in [0.15, 0.2) is 6.20 Å². The van der Waals surface area contributed by atoms with Crippen LogP contribution in [0.3, 0.4) is 0 Å². The van der Waals surface area contributed by atoms with Gasteiger partial charge >= 0.3 is 5.97 Å². The highest BCUT2D eigenvalue weighted by Gasteiger charge is 2.09. The van der Waals surface area contributed by atoms with Crippen LogP contribution in [-0.2, 0) is 9.59 Å². The van der Waals surface area contributed by atoms with Gasteiger partial charge in [0.2, 0.25) is 6.29 Å². The lowest BCUT2D eigenvalue weighted by Gasteiger charge is -1.90. The zero-order chi connectivity index (χ0) is 9.84. The fourth-order valence-corrected chi connectivity index (χ4v) is 1.22. The summed E-state index contributed by atoms with van der Waals surface area (Å²) in [6.45, 7) is 0. The second-order valence-electron chi connectivity index (χ2n) is 1.94. The van der Waals surface area contributed by atoms with Gasteiger partial charge < -0.3 is 5.11 Å². The van der Waals surface area contributed by atoms with Gasteiger partial charge in [0.15, 0.2) is 5.13 Å². The quantitative estimate of drug-likeness (QED) is 0.528. The lowest BCUT2D eigenvalue weighted by atomic mass is 10.6. The van der Waals surface area contributed by atoms with Gasteiger partial charge in [-0.05, 0) is 0 Å². The maximum atomic E-state index is 10.5. The molecule has 13 heavy (non-hydrogen) atoms. The highest BCUT2D eigenvalue weighted by atomic mass is 32.1. The summed E-state index contributed by atoms with van der Waals surface area (Å²) in [6.07, 6.45) is 1.19. The summed E-state index contributed by atoms with van der Waals surface area (Å²) in [5.41, 5.74) is 0. The molecular formula is C6H4N2O4S. The largest absolute Gasteiger partial charge is 0.477 e. The normalized spacial score (nSPS) is 9.23. The molecule has 1 rings (SSSR count). The zero-order valence-corrected chi connectivity index (χ0v) is 7.00. The van der Waals surface area contributed by atoms with Crippen molar-refractivity contribution in [3.05, 3.63) is 11.1 Å². The van der Waals surface area contributed by atoms with E-state index in [4.69, 9.17) is 5.11 Å². The molecule has 6 nitrogen and oxygen atoms in total. The van der Waals surface area contributed by atoms with Crippen molar-refractivity contribution >= 4 is 34.6 Å². The number of hydrogen-bond acceptors (Lipinski definition) is 5. The average molecular weight is 200 g/mol. The molecule has 0 fully saturated rings. The number of hydrogen-bond donors (Lipinski definition) is 2. The summed E-state index contributed by atoms with van der Waals surface area (Å²) in [7, 11) is 0. The highest BCUT2D eigenvalue weighted by Crippen LogP contribution is 2.17. The molecule has 0 radical (unpaired) electrons. The van der Waals surface area contributed by atoms with Gasteiger partial charge in [0.05, 0.1) is 6.20 Å². The summed E-state index contributed by atoms with van der Waals surface area (Å²) in [4.78, 5) is 34.3. The Morgan fingerprint density at radius 3 is 2.77 bits per heavy atom. The number of carbonyl (C=O) groups is 3. The van der Waals surface area contributed by atoms with E-state index < -0.39 is 11.9 Å². The molecule has 1 aromatic rings. The number of aromatic carboxylic acids is 1. The molecule has 0 aliphatic heterocycles. The zero-order valence-electron chi connectivity index (χ0n) is 6.18. The SMILES string of the molecule is O=CC(=O)Nc1ncc(C(=O)O)s1. The molecule has 0 bridgehead atoms. The number of aldehydes is 1. The number of nitrogens with one attached hydrogen (secondary N) is 1. The topological polar surface area (TPSA) is 96.4 Å². The van der Waals surface area contributed by atoms with E-state index in [1.54, 1.807) is 0 Å². The van der Waals surface area contributed by atoms with Gasteiger partial charge in [-0.2, -0.15) is 0 Å². The smallest absolute Gasteiger partial charge is 0.347 e. The van der Waals surface area contributed by atoms with Gasteiger partial charge in [0.25, 0.3) is 5.91 Å². The predicted octanol–water partition coefficient (Wildman–Crippen LogP) is -0.0213. The Hall–Kier alpha value is -1.76. The number of aromatic nitrogens is 1. The molecule has 0 spiro atoms. The van der Waals surface area contributed by atoms with Gasteiger partial charge in [0, 0.05) is 0 Å². The first-order chi connectivity index (χ1) is 6.13. The third kappa shape index (κ3) is 2.34. The van der Waals surface area contributed by atoms with Gasteiger partial charge in [0.1, 0.15) is 4.88 Å². The van der Waals surface area contributed by atoms with Crippen molar-refractivity contribution in [2.45, 2.75) is 0 Å². The number of thiazole rings is 1. The van der Waals surface area contributed by atoms with Crippen molar-refractivity contribution in [3.63, 3.8) is 0 Å². The number of nitrogens with zero attached hydrogens (tertiary/aromatic N) is 1. The highest BCUT2D eigenvalue weighted by molar-refractivity contribution is 7.17. The third-order valence-corrected chi connectivity index (χ3v) is 1.95. The van der Waals surface area contributed by atoms with Crippen LogP contribution in [0.25, 0.3) is 0 Å². The molecule has 0 saturated carbocycles.